The van der Waals surface area contributed by atoms with E-state index >= 15 is 0 Å². The van der Waals surface area contributed by atoms with Crippen molar-refractivity contribution in [3.63, 3.8) is 0 Å². The van der Waals surface area contributed by atoms with Crippen molar-refractivity contribution in [3.05, 3.63) is 75.9 Å². The van der Waals surface area contributed by atoms with Gasteiger partial charge in [-0.3, -0.25) is 4.79 Å². The first-order valence-corrected chi connectivity index (χ1v) is 8.46. The lowest BCUT2D eigenvalue weighted by Gasteiger charge is -2.09. The number of Topliss-reactive ketones (excluding diaryl/α,β-unsaturated/α-hetero) is 1. The largest absolute Gasteiger partial charge is 0.451 e. The number of para-hydroxylation sites is 1. The summed E-state index contributed by atoms with van der Waals surface area (Å²) in [6.07, 6.45) is 0. The number of hydrogen-bond donors (Lipinski definition) is 0. The first-order chi connectivity index (χ1) is 12.0. The predicted octanol–water partition coefficient (Wildman–Crippen LogP) is 4.49. The topological polar surface area (TPSA) is 61.4 Å². The lowest BCUT2D eigenvalue weighted by Crippen LogP contribution is -2.14. The highest BCUT2D eigenvalue weighted by Crippen LogP contribution is 2.21. The summed E-state index contributed by atoms with van der Waals surface area (Å²) in [7, 11) is 0. The second-order valence-corrected chi connectivity index (χ2v) is 6.34. The maximum Gasteiger partial charge on any atom is 0.374 e. The normalized spacial score (nSPS) is 10.7. The molecule has 6 heteroatoms. The number of hydrogen-bond acceptors (Lipinski definition) is 4. The van der Waals surface area contributed by atoms with E-state index in [0.29, 0.717) is 10.2 Å². The lowest BCUT2D eigenvalue weighted by molar-refractivity contribution is 0.0442. The Labute approximate surface area is 153 Å². The molecule has 3 rings (SSSR count). The molecule has 2 heterocycles. The third-order valence-corrected chi connectivity index (χ3v) is 4.28. The first-order valence-electron chi connectivity index (χ1n) is 7.67. The highest BCUT2D eigenvalue weighted by molar-refractivity contribution is 9.10. The Morgan fingerprint density at radius 1 is 1.12 bits per heavy atom. The number of nitrogens with zero attached hydrogens (tertiary/aromatic N) is 1. The minimum Gasteiger partial charge on any atom is -0.451 e. The zero-order chi connectivity index (χ0) is 18.0. The fourth-order valence-corrected chi connectivity index (χ4v) is 3.03. The summed E-state index contributed by atoms with van der Waals surface area (Å²) in [4.78, 5) is 24.4. The average molecular weight is 402 g/mol. The van der Waals surface area contributed by atoms with E-state index in [1.807, 2.05) is 54.8 Å². The molecule has 1 aromatic carbocycles. The SMILES string of the molecule is Cc1cc(C(=O)COC(=O)c2ccc(Br)o2)c(C)n1-c1ccccc1. The van der Waals surface area contributed by atoms with Gasteiger partial charge >= 0.3 is 5.97 Å². The summed E-state index contributed by atoms with van der Waals surface area (Å²) in [5.74, 6) is -0.875. The van der Waals surface area contributed by atoms with Crippen LogP contribution in [-0.4, -0.2) is 22.9 Å². The Bertz CT molecular complexity index is 924. The van der Waals surface area contributed by atoms with Crippen molar-refractivity contribution in [2.75, 3.05) is 6.61 Å². The van der Waals surface area contributed by atoms with Crippen molar-refractivity contribution in [3.8, 4) is 5.69 Å². The van der Waals surface area contributed by atoms with Crippen molar-refractivity contribution >= 4 is 27.7 Å². The van der Waals surface area contributed by atoms with E-state index < -0.39 is 5.97 Å². The van der Waals surface area contributed by atoms with Gasteiger partial charge in [0.05, 0.1) is 0 Å². The molecule has 0 N–H and O–H groups in total. The van der Waals surface area contributed by atoms with Crippen molar-refractivity contribution in [2.45, 2.75) is 13.8 Å². The van der Waals surface area contributed by atoms with Gasteiger partial charge in [-0.1, -0.05) is 18.2 Å². The van der Waals surface area contributed by atoms with Crippen LogP contribution in [0.2, 0.25) is 0 Å². The number of ether oxygens (including phenoxy) is 1. The van der Waals surface area contributed by atoms with Gasteiger partial charge in [-0.05, 0) is 60.1 Å². The summed E-state index contributed by atoms with van der Waals surface area (Å²) in [5.41, 5.74) is 3.27. The van der Waals surface area contributed by atoms with E-state index in [2.05, 4.69) is 15.9 Å². The lowest BCUT2D eigenvalue weighted by atomic mass is 10.1. The number of aryl methyl sites for hydroxylation is 1. The zero-order valence-electron chi connectivity index (χ0n) is 13.8. The van der Waals surface area contributed by atoms with E-state index in [1.165, 1.54) is 6.07 Å². The summed E-state index contributed by atoms with van der Waals surface area (Å²) < 4.78 is 12.6. The van der Waals surface area contributed by atoms with Crippen molar-refractivity contribution in [2.24, 2.45) is 0 Å². The van der Waals surface area contributed by atoms with Gasteiger partial charge in [0.1, 0.15) is 0 Å². The van der Waals surface area contributed by atoms with Gasteiger partial charge in [0.15, 0.2) is 11.3 Å². The maximum atomic E-state index is 12.5. The molecule has 0 aliphatic rings. The zero-order valence-corrected chi connectivity index (χ0v) is 15.4. The molecule has 0 spiro atoms. The maximum absolute atomic E-state index is 12.5. The van der Waals surface area contributed by atoms with Gasteiger partial charge < -0.3 is 13.7 Å². The van der Waals surface area contributed by atoms with Crippen LogP contribution in [0.5, 0.6) is 0 Å². The predicted molar refractivity (Wildman–Crippen MR) is 96.3 cm³/mol. The number of esters is 1. The second kappa shape index (κ2) is 7.11. The van der Waals surface area contributed by atoms with Gasteiger partial charge in [0.25, 0.3) is 0 Å². The minimum absolute atomic E-state index is 0.0504. The Kier molecular flexibility index (Phi) is 4.90. The molecule has 0 radical (unpaired) electrons. The van der Waals surface area contributed by atoms with Crippen molar-refractivity contribution in [1.29, 1.82) is 0 Å². The van der Waals surface area contributed by atoms with Crippen LogP contribution in [-0.2, 0) is 4.74 Å². The molecule has 25 heavy (non-hydrogen) atoms. The molecule has 2 aromatic heterocycles. The third-order valence-electron chi connectivity index (χ3n) is 3.85. The molecule has 0 aliphatic heterocycles. The molecule has 0 atom stereocenters. The van der Waals surface area contributed by atoms with Gasteiger partial charge in [0, 0.05) is 22.6 Å². The number of carbonyl (C=O) groups is 2. The Balaban J connectivity index is 1.76. The molecule has 0 saturated carbocycles. The van der Waals surface area contributed by atoms with Gasteiger partial charge in [-0.25, -0.2) is 4.79 Å². The average Bonchev–Trinajstić information content (AvgIpc) is 3.16. The van der Waals surface area contributed by atoms with E-state index in [9.17, 15) is 9.59 Å². The summed E-state index contributed by atoms with van der Waals surface area (Å²) in [5, 5.41) is 0. The molecule has 0 amide bonds. The minimum atomic E-state index is -0.670. The summed E-state index contributed by atoms with van der Waals surface area (Å²) >= 11 is 3.12. The number of rotatable bonds is 5. The summed E-state index contributed by atoms with van der Waals surface area (Å²) in [6, 6.07) is 14.7. The molecule has 5 nitrogen and oxygen atoms in total. The quantitative estimate of drug-likeness (QED) is 0.466. The molecule has 0 aliphatic carbocycles. The van der Waals surface area contributed by atoms with Crippen molar-refractivity contribution in [1.82, 2.24) is 4.57 Å². The smallest absolute Gasteiger partial charge is 0.374 e. The number of furan rings is 1. The van der Waals surface area contributed by atoms with Crippen LogP contribution in [0.3, 0.4) is 0 Å². The molecular weight excluding hydrogens is 386 g/mol. The Hall–Kier alpha value is -2.60. The summed E-state index contributed by atoms with van der Waals surface area (Å²) in [6.45, 7) is 3.47. The van der Waals surface area contributed by atoms with Gasteiger partial charge in [0.2, 0.25) is 11.5 Å². The van der Waals surface area contributed by atoms with E-state index in [-0.39, 0.29) is 18.2 Å². The third kappa shape index (κ3) is 3.58. The monoisotopic (exact) mass is 401 g/mol. The van der Waals surface area contributed by atoms with E-state index in [1.54, 1.807) is 6.07 Å². The Morgan fingerprint density at radius 2 is 1.84 bits per heavy atom. The van der Waals surface area contributed by atoms with Crippen molar-refractivity contribution < 1.29 is 18.7 Å². The van der Waals surface area contributed by atoms with Crippen LogP contribution in [0.15, 0.2) is 57.6 Å². The number of halogens is 1. The molecule has 0 unspecified atom stereocenters. The fraction of sp³-hybridized carbons (Fsp3) is 0.158. The number of aromatic nitrogens is 1. The molecule has 0 bridgehead atoms. The molecule has 0 fully saturated rings. The standard InChI is InChI=1S/C19H16BrNO4/c1-12-10-15(13(2)21(12)14-6-4-3-5-7-14)16(22)11-24-19(23)17-8-9-18(20)25-17/h3-10H,11H2,1-2H3. The van der Waals surface area contributed by atoms with Crippen LogP contribution in [0.4, 0.5) is 0 Å². The fourth-order valence-electron chi connectivity index (χ4n) is 2.72. The molecule has 0 saturated heterocycles. The number of ketones is 1. The van der Waals surface area contributed by atoms with Crippen LogP contribution < -0.4 is 0 Å². The Morgan fingerprint density at radius 3 is 2.48 bits per heavy atom. The van der Waals surface area contributed by atoms with Gasteiger partial charge in [-0.2, -0.15) is 0 Å². The first kappa shape index (κ1) is 17.2. The molecular formula is C19H16BrNO4. The van der Waals surface area contributed by atoms with E-state index in [0.717, 1.165) is 17.1 Å². The van der Waals surface area contributed by atoms with E-state index in [4.69, 9.17) is 9.15 Å². The second-order valence-electron chi connectivity index (χ2n) is 5.56. The molecule has 128 valence electrons. The number of carbonyl (C=O) groups excluding carboxylic acids is 2. The van der Waals surface area contributed by atoms with Crippen LogP contribution in [0.1, 0.15) is 32.3 Å². The number of benzene rings is 1. The molecule has 3 aromatic rings. The highest BCUT2D eigenvalue weighted by Gasteiger charge is 2.19. The van der Waals surface area contributed by atoms with Crippen LogP contribution in [0, 0.1) is 13.8 Å². The van der Waals surface area contributed by atoms with Crippen LogP contribution in [0.25, 0.3) is 5.69 Å². The highest BCUT2D eigenvalue weighted by atomic mass is 79.9. The van der Waals surface area contributed by atoms with Gasteiger partial charge in [-0.15, -0.1) is 0 Å². The van der Waals surface area contributed by atoms with Crippen LogP contribution >= 0.6 is 15.9 Å².